The summed E-state index contributed by atoms with van der Waals surface area (Å²) in [4.78, 5) is 0. The Hall–Kier alpha value is -0.820. The minimum Gasteiger partial charge on any atom is -0.314 e. The van der Waals surface area contributed by atoms with E-state index in [0.29, 0.717) is 5.41 Å². The minimum absolute atomic E-state index is 0.498. The van der Waals surface area contributed by atoms with Crippen molar-refractivity contribution in [3.8, 4) is 0 Å². The van der Waals surface area contributed by atoms with E-state index >= 15 is 0 Å². The number of rotatable bonds is 4. The fraction of sp³-hybridized carbons (Fsp3) is 0.700. The molecule has 0 bridgehead atoms. The zero-order valence-corrected chi connectivity index (χ0v) is 14.2. The van der Waals surface area contributed by atoms with E-state index in [1.54, 1.807) is 5.56 Å². The maximum Gasteiger partial charge on any atom is 0.00683 e. The maximum atomic E-state index is 3.78. The molecule has 116 valence electrons. The van der Waals surface area contributed by atoms with Gasteiger partial charge in [-0.05, 0) is 80.9 Å². The van der Waals surface area contributed by atoms with E-state index in [2.05, 4.69) is 51.2 Å². The van der Waals surface area contributed by atoms with Gasteiger partial charge in [0.25, 0.3) is 0 Å². The SMILES string of the molecule is Cc1ccc(C2CC(C)(C)CCC2CNC2CC2)c(C)c1. The van der Waals surface area contributed by atoms with E-state index in [0.717, 1.165) is 17.9 Å². The van der Waals surface area contributed by atoms with Gasteiger partial charge in [0.05, 0.1) is 0 Å². The predicted octanol–water partition coefficient (Wildman–Crippen LogP) is 4.97. The molecule has 1 nitrogen and oxygen atoms in total. The monoisotopic (exact) mass is 285 g/mol. The molecule has 0 aromatic heterocycles. The topological polar surface area (TPSA) is 12.0 Å². The summed E-state index contributed by atoms with van der Waals surface area (Å²) in [5.74, 6) is 1.56. The van der Waals surface area contributed by atoms with Crippen molar-refractivity contribution in [2.75, 3.05) is 6.54 Å². The minimum atomic E-state index is 0.498. The average molecular weight is 285 g/mol. The second kappa shape index (κ2) is 5.76. The van der Waals surface area contributed by atoms with Crippen LogP contribution in [0.3, 0.4) is 0 Å². The van der Waals surface area contributed by atoms with Gasteiger partial charge >= 0.3 is 0 Å². The Morgan fingerprint density at radius 1 is 1.14 bits per heavy atom. The highest BCUT2D eigenvalue weighted by Gasteiger charge is 2.36. The van der Waals surface area contributed by atoms with Gasteiger partial charge in [-0.15, -0.1) is 0 Å². The summed E-state index contributed by atoms with van der Waals surface area (Å²) in [5.41, 5.74) is 4.99. The second-order valence-corrected chi connectivity index (χ2v) is 8.32. The first-order valence-electron chi connectivity index (χ1n) is 8.75. The van der Waals surface area contributed by atoms with Crippen molar-refractivity contribution in [1.82, 2.24) is 5.32 Å². The number of hydrogen-bond donors (Lipinski definition) is 1. The van der Waals surface area contributed by atoms with E-state index in [-0.39, 0.29) is 0 Å². The van der Waals surface area contributed by atoms with Crippen molar-refractivity contribution in [2.45, 2.75) is 71.8 Å². The molecule has 2 unspecified atom stereocenters. The van der Waals surface area contributed by atoms with E-state index in [9.17, 15) is 0 Å². The van der Waals surface area contributed by atoms with Crippen LogP contribution < -0.4 is 5.32 Å². The van der Waals surface area contributed by atoms with Crippen LogP contribution in [0.5, 0.6) is 0 Å². The van der Waals surface area contributed by atoms with Gasteiger partial charge in [0.1, 0.15) is 0 Å². The zero-order valence-electron chi connectivity index (χ0n) is 14.2. The summed E-state index contributed by atoms with van der Waals surface area (Å²) in [5, 5.41) is 3.78. The van der Waals surface area contributed by atoms with Crippen molar-refractivity contribution < 1.29 is 0 Å². The molecule has 1 aromatic carbocycles. The Kier molecular flexibility index (Phi) is 4.14. The second-order valence-electron chi connectivity index (χ2n) is 8.32. The summed E-state index contributed by atoms with van der Waals surface area (Å²) in [6.45, 7) is 10.6. The standard InChI is InChI=1S/C20H31N/c1-14-5-8-18(15(2)11-14)19-12-20(3,4)10-9-16(19)13-21-17-6-7-17/h5,8,11,16-17,19,21H,6-7,9-10,12-13H2,1-4H3. The molecule has 1 N–H and O–H groups in total. The highest BCUT2D eigenvalue weighted by Crippen LogP contribution is 2.47. The molecule has 0 saturated heterocycles. The number of benzene rings is 1. The van der Waals surface area contributed by atoms with Gasteiger partial charge in [0.2, 0.25) is 0 Å². The largest absolute Gasteiger partial charge is 0.314 e. The third-order valence-electron chi connectivity index (χ3n) is 5.60. The van der Waals surface area contributed by atoms with Crippen LogP contribution in [0, 0.1) is 25.2 Å². The van der Waals surface area contributed by atoms with Gasteiger partial charge in [0, 0.05) is 6.04 Å². The van der Waals surface area contributed by atoms with Crippen LogP contribution in [-0.2, 0) is 0 Å². The van der Waals surface area contributed by atoms with Crippen LogP contribution in [0.1, 0.15) is 68.6 Å². The van der Waals surface area contributed by atoms with Crippen LogP contribution in [0.4, 0.5) is 0 Å². The molecule has 1 heteroatoms. The molecule has 1 aromatic rings. The van der Waals surface area contributed by atoms with Gasteiger partial charge in [0.15, 0.2) is 0 Å². The fourth-order valence-corrected chi connectivity index (χ4v) is 4.10. The normalized spacial score (nSPS) is 28.6. The maximum absolute atomic E-state index is 3.78. The van der Waals surface area contributed by atoms with E-state index in [4.69, 9.17) is 0 Å². The van der Waals surface area contributed by atoms with Gasteiger partial charge in [-0.25, -0.2) is 0 Å². The quantitative estimate of drug-likeness (QED) is 0.824. The molecule has 0 heterocycles. The fourth-order valence-electron chi connectivity index (χ4n) is 4.10. The molecule has 21 heavy (non-hydrogen) atoms. The molecular formula is C20H31N. The van der Waals surface area contributed by atoms with E-state index < -0.39 is 0 Å². The lowest BCUT2D eigenvalue weighted by atomic mass is 9.64. The Morgan fingerprint density at radius 3 is 2.57 bits per heavy atom. The van der Waals surface area contributed by atoms with Crippen LogP contribution in [0.15, 0.2) is 18.2 Å². The lowest BCUT2D eigenvalue weighted by Crippen LogP contribution is -2.35. The molecule has 3 rings (SSSR count). The highest BCUT2D eigenvalue weighted by atomic mass is 14.9. The summed E-state index contributed by atoms with van der Waals surface area (Å²) in [7, 11) is 0. The van der Waals surface area contributed by atoms with Crippen LogP contribution in [0.2, 0.25) is 0 Å². The first-order chi connectivity index (χ1) is 9.94. The smallest absolute Gasteiger partial charge is 0.00683 e. The molecule has 0 radical (unpaired) electrons. The highest BCUT2D eigenvalue weighted by molar-refractivity contribution is 5.34. The average Bonchev–Trinajstić information content (AvgIpc) is 3.21. The van der Waals surface area contributed by atoms with E-state index in [1.807, 2.05) is 0 Å². The summed E-state index contributed by atoms with van der Waals surface area (Å²) >= 11 is 0. The molecule has 2 saturated carbocycles. The van der Waals surface area contributed by atoms with Crippen molar-refractivity contribution >= 4 is 0 Å². The Morgan fingerprint density at radius 2 is 1.90 bits per heavy atom. The van der Waals surface area contributed by atoms with E-state index in [1.165, 1.54) is 49.8 Å². The number of nitrogens with one attached hydrogen (secondary N) is 1. The lowest BCUT2D eigenvalue weighted by Gasteiger charge is -2.42. The molecule has 0 spiro atoms. The summed E-state index contributed by atoms with van der Waals surface area (Å²) in [6, 6.07) is 7.90. The molecule has 0 amide bonds. The summed E-state index contributed by atoms with van der Waals surface area (Å²) < 4.78 is 0. The van der Waals surface area contributed by atoms with Crippen LogP contribution in [-0.4, -0.2) is 12.6 Å². The third kappa shape index (κ3) is 3.69. The van der Waals surface area contributed by atoms with Crippen LogP contribution in [0.25, 0.3) is 0 Å². The molecule has 2 aliphatic carbocycles. The Bertz CT molecular complexity index is 497. The zero-order chi connectivity index (χ0) is 15.0. The third-order valence-corrected chi connectivity index (χ3v) is 5.60. The van der Waals surface area contributed by atoms with Crippen LogP contribution >= 0.6 is 0 Å². The molecule has 0 aliphatic heterocycles. The van der Waals surface area contributed by atoms with Crippen molar-refractivity contribution in [2.24, 2.45) is 11.3 Å². The molecule has 2 aliphatic rings. The van der Waals surface area contributed by atoms with Crippen molar-refractivity contribution in [1.29, 1.82) is 0 Å². The number of aryl methyl sites for hydroxylation is 2. The number of hydrogen-bond acceptors (Lipinski definition) is 1. The lowest BCUT2D eigenvalue weighted by molar-refractivity contribution is 0.159. The molecule has 2 atom stereocenters. The predicted molar refractivity (Wildman–Crippen MR) is 90.8 cm³/mol. The van der Waals surface area contributed by atoms with Gasteiger partial charge in [-0.2, -0.15) is 0 Å². The van der Waals surface area contributed by atoms with Crippen molar-refractivity contribution in [3.63, 3.8) is 0 Å². The van der Waals surface area contributed by atoms with Gasteiger partial charge < -0.3 is 5.32 Å². The van der Waals surface area contributed by atoms with Crippen molar-refractivity contribution in [3.05, 3.63) is 34.9 Å². The summed E-state index contributed by atoms with van der Waals surface area (Å²) in [6.07, 6.45) is 6.89. The van der Waals surface area contributed by atoms with Gasteiger partial charge in [-0.1, -0.05) is 37.6 Å². The first-order valence-corrected chi connectivity index (χ1v) is 8.75. The molecule has 2 fully saturated rings. The van der Waals surface area contributed by atoms with Gasteiger partial charge in [-0.3, -0.25) is 0 Å². The molecular weight excluding hydrogens is 254 g/mol. The Labute approximate surface area is 130 Å². The Balaban J connectivity index is 1.80. The first kappa shape index (κ1) is 15.1.